The molecule has 1 unspecified atom stereocenters. The van der Waals surface area contributed by atoms with Crippen LogP contribution >= 0.6 is 0 Å². The second-order valence-corrected chi connectivity index (χ2v) is 2.77. The van der Waals surface area contributed by atoms with Gasteiger partial charge in [-0.25, -0.2) is 9.59 Å². The van der Waals surface area contributed by atoms with Crippen molar-refractivity contribution in [1.82, 2.24) is 0 Å². The van der Waals surface area contributed by atoms with Crippen molar-refractivity contribution in [3.63, 3.8) is 0 Å². The number of benzene rings is 1. The Balaban J connectivity index is 2.89. The molecule has 0 heterocycles. The number of rotatable bonds is 4. The number of hydrogen-bond acceptors (Lipinski definition) is 3. The number of carboxylic acids is 1. The van der Waals surface area contributed by atoms with Crippen molar-refractivity contribution in [2.45, 2.75) is 6.10 Å². The molecule has 15 heavy (non-hydrogen) atoms. The first-order chi connectivity index (χ1) is 7.15. The van der Waals surface area contributed by atoms with E-state index in [0.29, 0.717) is 5.56 Å². The molecule has 0 spiro atoms. The number of aliphatic carboxylic acids is 1. The van der Waals surface area contributed by atoms with Crippen molar-refractivity contribution < 1.29 is 19.4 Å². The maximum absolute atomic E-state index is 10.9. The fourth-order valence-corrected chi connectivity index (χ4v) is 1.05. The van der Waals surface area contributed by atoms with Crippen molar-refractivity contribution in [2.75, 3.05) is 0 Å². The first-order valence-corrected chi connectivity index (χ1v) is 4.26. The van der Waals surface area contributed by atoms with E-state index in [1.54, 1.807) is 30.3 Å². The minimum absolute atomic E-state index is 0.417. The van der Waals surface area contributed by atoms with Crippen molar-refractivity contribution in [2.24, 2.45) is 0 Å². The molecule has 0 saturated heterocycles. The van der Waals surface area contributed by atoms with Crippen LogP contribution in [0.4, 0.5) is 0 Å². The first-order valence-electron chi connectivity index (χ1n) is 4.26. The Labute approximate surface area is 86.8 Å². The molecule has 78 valence electrons. The summed E-state index contributed by atoms with van der Waals surface area (Å²) in [5.74, 6) is -1.97. The highest BCUT2D eigenvalue weighted by Crippen LogP contribution is 2.17. The Morgan fingerprint density at radius 2 is 1.93 bits per heavy atom. The van der Waals surface area contributed by atoms with Gasteiger partial charge in [-0.15, -0.1) is 0 Å². The molecule has 0 bridgehead atoms. The lowest BCUT2D eigenvalue weighted by atomic mass is 10.1. The zero-order valence-corrected chi connectivity index (χ0v) is 7.92. The van der Waals surface area contributed by atoms with Crippen molar-refractivity contribution in [1.29, 1.82) is 0 Å². The lowest BCUT2D eigenvalue weighted by Crippen LogP contribution is -2.18. The molecule has 4 nitrogen and oxygen atoms in total. The number of esters is 1. The van der Waals surface area contributed by atoms with E-state index in [0.717, 1.165) is 6.08 Å². The third-order valence-corrected chi connectivity index (χ3v) is 1.73. The second-order valence-electron chi connectivity index (χ2n) is 2.77. The van der Waals surface area contributed by atoms with E-state index in [1.807, 2.05) is 0 Å². The number of ether oxygens (including phenoxy) is 1. The quantitative estimate of drug-likeness (QED) is 0.599. The van der Waals surface area contributed by atoms with Crippen LogP contribution in [0.25, 0.3) is 0 Å². The van der Waals surface area contributed by atoms with Crippen LogP contribution in [-0.2, 0) is 14.3 Å². The highest BCUT2D eigenvalue weighted by molar-refractivity contribution is 5.85. The summed E-state index contributed by atoms with van der Waals surface area (Å²) in [7, 11) is 0. The average molecular weight is 206 g/mol. The van der Waals surface area contributed by atoms with Gasteiger partial charge in [0.05, 0.1) is 0 Å². The smallest absolute Gasteiger partial charge is 0.349 e. The largest absolute Gasteiger partial charge is 0.478 e. The Bertz CT molecular complexity index is 369. The molecule has 0 saturated carbocycles. The van der Waals surface area contributed by atoms with Gasteiger partial charge in [0.1, 0.15) is 0 Å². The van der Waals surface area contributed by atoms with Gasteiger partial charge >= 0.3 is 11.9 Å². The van der Waals surface area contributed by atoms with Crippen molar-refractivity contribution in [3.05, 3.63) is 48.6 Å². The molecular formula is C11H10O4. The summed E-state index contributed by atoms with van der Waals surface area (Å²) < 4.78 is 4.69. The summed E-state index contributed by atoms with van der Waals surface area (Å²) in [5.41, 5.74) is 0.417. The summed E-state index contributed by atoms with van der Waals surface area (Å²) in [4.78, 5) is 21.7. The maximum Gasteiger partial charge on any atom is 0.349 e. The molecule has 0 fully saturated rings. The van der Waals surface area contributed by atoms with Gasteiger partial charge in [0.15, 0.2) is 0 Å². The Morgan fingerprint density at radius 1 is 1.33 bits per heavy atom. The van der Waals surface area contributed by atoms with Gasteiger partial charge in [-0.1, -0.05) is 36.9 Å². The normalized spacial score (nSPS) is 11.5. The number of carboxylic acid groups (broad SMARTS) is 1. The van der Waals surface area contributed by atoms with Gasteiger partial charge in [0.25, 0.3) is 0 Å². The van der Waals surface area contributed by atoms with Crippen LogP contribution in [0.1, 0.15) is 11.7 Å². The van der Waals surface area contributed by atoms with Crippen LogP contribution in [-0.4, -0.2) is 17.0 Å². The fraction of sp³-hybridized carbons (Fsp3) is 0.0909. The van der Waals surface area contributed by atoms with E-state index in [9.17, 15) is 9.59 Å². The van der Waals surface area contributed by atoms with Crippen LogP contribution in [0.15, 0.2) is 43.0 Å². The van der Waals surface area contributed by atoms with E-state index in [4.69, 9.17) is 9.84 Å². The predicted octanol–water partition coefficient (Wildman–Crippen LogP) is 1.54. The molecule has 4 heteroatoms. The highest BCUT2D eigenvalue weighted by Gasteiger charge is 2.22. The van der Waals surface area contributed by atoms with Crippen molar-refractivity contribution >= 4 is 11.9 Å². The van der Waals surface area contributed by atoms with Gasteiger partial charge in [-0.05, 0) is 0 Å². The molecule has 1 aromatic rings. The third-order valence-electron chi connectivity index (χ3n) is 1.73. The second kappa shape index (κ2) is 4.95. The van der Waals surface area contributed by atoms with E-state index >= 15 is 0 Å². The lowest BCUT2D eigenvalue weighted by Gasteiger charge is -2.12. The highest BCUT2D eigenvalue weighted by atomic mass is 16.6. The van der Waals surface area contributed by atoms with Crippen LogP contribution in [0.5, 0.6) is 0 Å². The standard InChI is InChI=1S/C11H10O4/c1-2-9(12)15-10(11(13)14)8-6-4-3-5-7-8/h2-7,10H,1H2,(H,13,14). The molecular weight excluding hydrogens is 196 g/mol. The molecule has 1 aromatic carbocycles. The van der Waals surface area contributed by atoms with Crippen LogP contribution in [0.2, 0.25) is 0 Å². The van der Waals surface area contributed by atoms with Gasteiger partial charge < -0.3 is 9.84 Å². The molecule has 0 aromatic heterocycles. The van der Waals surface area contributed by atoms with Crippen LogP contribution in [0, 0.1) is 0 Å². The average Bonchev–Trinajstić information content (AvgIpc) is 2.26. The maximum atomic E-state index is 10.9. The van der Waals surface area contributed by atoms with Gasteiger partial charge in [-0.2, -0.15) is 0 Å². The summed E-state index contributed by atoms with van der Waals surface area (Å²) in [6, 6.07) is 8.25. The zero-order valence-electron chi connectivity index (χ0n) is 7.92. The number of hydrogen-bond donors (Lipinski definition) is 1. The monoisotopic (exact) mass is 206 g/mol. The predicted molar refractivity (Wildman–Crippen MR) is 53.1 cm³/mol. The molecule has 0 amide bonds. The summed E-state index contributed by atoms with van der Waals surface area (Å²) in [6.07, 6.45) is -0.351. The number of carbonyl (C=O) groups is 2. The Hall–Kier alpha value is -2.10. The van der Waals surface area contributed by atoms with Crippen molar-refractivity contribution in [3.8, 4) is 0 Å². The van der Waals surface area contributed by atoms with Crippen LogP contribution in [0.3, 0.4) is 0 Å². The minimum Gasteiger partial charge on any atom is -0.478 e. The summed E-state index contributed by atoms with van der Waals surface area (Å²) >= 11 is 0. The fourth-order valence-electron chi connectivity index (χ4n) is 1.05. The summed E-state index contributed by atoms with van der Waals surface area (Å²) in [5, 5.41) is 8.86. The summed E-state index contributed by atoms with van der Waals surface area (Å²) in [6.45, 7) is 3.20. The molecule has 1 N–H and O–H groups in total. The minimum atomic E-state index is -1.28. The topological polar surface area (TPSA) is 63.6 Å². The lowest BCUT2D eigenvalue weighted by molar-refractivity contribution is -0.161. The molecule has 0 aliphatic heterocycles. The van der Waals surface area contributed by atoms with E-state index in [-0.39, 0.29) is 0 Å². The molecule has 0 aliphatic rings. The first kappa shape index (κ1) is 11.0. The zero-order chi connectivity index (χ0) is 11.3. The van der Waals surface area contributed by atoms with Gasteiger partial charge in [-0.3, -0.25) is 0 Å². The molecule has 1 rings (SSSR count). The molecule has 0 aliphatic carbocycles. The van der Waals surface area contributed by atoms with E-state index in [1.165, 1.54) is 0 Å². The SMILES string of the molecule is C=CC(=O)OC(C(=O)O)c1ccccc1. The van der Waals surface area contributed by atoms with Crippen LogP contribution < -0.4 is 0 Å². The van der Waals surface area contributed by atoms with Gasteiger partial charge in [0.2, 0.25) is 6.10 Å². The third kappa shape index (κ3) is 2.95. The van der Waals surface area contributed by atoms with Gasteiger partial charge in [0, 0.05) is 11.6 Å². The van der Waals surface area contributed by atoms with E-state index in [2.05, 4.69) is 6.58 Å². The Kier molecular flexibility index (Phi) is 3.62. The van der Waals surface area contributed by atoms with E-state index < -0.39 is 18.0 Å². The molecule has 1 atom stereocenters. The molecule has 0 radical (unpaired) electrons. The Morgan fingerprint density at radius 3 is 2.40 bits per heavy atom. The number of carbonyl (C=O) groups excluding carboxylic acids is 1.